The number of ether oxygens (including phenoxy) is 1. The summed E-state index contributed by atoms with van der Waals surface area (Å²) in [6.45, 7) is 8.33. The van der Waals surface area contributed by atoms with E-state index in [4.69, 9.17) is 4.74 Å². The van der Waals surface area contributed by atoms with Crippen molar-refractivity contribution in [3.05, 3.63) is 0 Å². The lowest BCUT2D eigenvalue weighted by Crippen LogP contribution is -2.32. The summed E-state index contributed by atoms with van der Waals surface area (Å²) in [6.07, 6.45) is 3.64. The van der Waals surface area contributed by atoms with E-state index in [1.54, 1.807) is 0 Å². The Morgan fingerprint density at radius 3 is 2.46 bits per heavy atom. The average molecular weight is 186 g/mol. The largest absolute Gasteiger partial charge is 0.390 e. The van der Waals surface area contributed by atoms with Crippen molar-refractivity contribution < 1.29 is 9.84 Å². The van der Waals surface area contributed by atoms with Crippen LogP contribution in [0, 0.1) is 5.41 Å². The Bertz CT molecular complexity index is 160. The molecule has 0 amide bonds. The summed E-state index contributed by atoms with van der Waals surface area (Å²) in [6, 6.07) is 0. The highest BCUT2D eigenvalue weighted by Gasteiger charge is 2.47. The molecular weight excluding hydrogens is 164 g/mol. The Morgan fingerprint density at radius 2 is 2.00 bits per heavy atom. The number of unbranched alkanes of at least 4 members (excludes halogenated alkanes) is 1. The molecule has 0 spiro atoms. The highest BCUT2D eigenvalue weighted by molar-refractivity contribution is 4.95. The summed E-state index contributed by atoms with van der Waals surface area (Å²) in [5.41, 5.74) is -0.0500. The van der Waals surface area contributed by atoms with Crippen LogP contribution in [-0.4, -0.2) is 23.4 Å². The van der Waals surface area contributed by atoms with Gasteiger partial charge in [0.05, 0.1) is 12.2 Å². The quantitative estimate of drug-likeness (QED) is 0.684. The molecule has 78 valence electrons. The van der Waals surface area contributed by atoms with Crippen LogP contribution in [0.1, 0.15) is 47.0 Å². The second kappa shape index (κ2) is 3.97. The molecule has 1 saturated heterocycles. The van der Waals surface area contributed by atoms with Crippen molar-refractivity contribution in [3.63, 3.8) is 0 Å². The van der Waals surface area contributed by atoms with E-state index in [-0.39, 0.29) is 17.6 Å². The van der Waals surface area contributed by atoms with Crippen LogP contribution in [0.3, 0.4) is 0 Å². The summed E-state index contributed by atoms with van der Waals surface area (Å²) in [5.74, 6) is 0. The van der Waals surface area contributed by atoms with Crippen LogP contribution < -0.4 is 0 Å². The third-order valence-corrected chi connectivity index (χ3v) is 2.66. The number of aliphatic hydroxyl groups excluding tert-OH is 1. The lowest BCUT2D eigenvalue weighted by atomic mass is 9.86. The zero-order valence-electron chi connectivity index (χ0n) is 9.21. The maximum Gasteiger partial charge on any atom is 0.110 e. The molecule has 1 fully saturated rings. The first kappa shape index (κ1) is 11.0. The molecule has 3 atom stereocenters. The maximum absolute atomic E-state index is 9.87. The summed E-state index contributed by atoms with van der Waals surface area (Å²) >= 11 is 0. The van der Waals surface area contributed by atoms with Crippen LogP contribution in [-0.2, 0) is 4.74 Å². The van der Waals surface area contributed by atoms with E-state index in [1.807, 2.05) is 0 Å². The van der Waals surface area contributed by atoms with Crippen molar-refractivity contribution in [1.82, 2.24) is 0 Å². The molecular formula is C11H22O2. The third kappa shape index (κ3) is 2.96. The molecule has 1 aliphatic heterocycles. The summed E-state index contributed by atoms with van der Waals surface area (Å²) in [5, 5.41) is 9.87. The second-order valence-corrected chi connectivity index (χ2v) is 5.09. The fourth-order valence-electron chi connectivity index (χ4n) is 1.56. The molecule has 1 aliphatic rings. The number of rotatable bonds is 4. The fourth-order valence-corrected chi connectivity index (χ4v) is 1.56. The smallest absolute Gasteiger partial charge is 0.110 e. The van der Waals surface area contributed by atoms with Gasteiger partial charge in [0.2, 0.25) is 0 Å². The van der Waals surface area contributed by atoms with Crippen LogP contribution >= 0.6 is 0 Å². The van der Waals surface area contributed by atoms with E-state index in [0.29, 0.717) is 6.10 Å². The molecule has 0 radical (unpaired) electrons. The molecule has 2 nitrogen and oxygen atoms in total. The SMILES string of the molecule is CCCC[C@H]1O[C@H]1[C@@H](O)C(C)(C)C. The molecule has 0 unspecified atom stereocenters. The van der Waals surface area contributed by atoms with E-state index in [9.17, 15) is 5.11 Å². The van der Waals surface area contributed by atoms with Crippen molar-refractivity contribution in [1.29, 1.82) is 0 Å². The van der Waals surface area contributed by atoms with Crippen molar-refractivity contribution in [2.45, 2.75) is 65.3 Å². The van der Waals surface area contributed by atoms with Crippen molar-refractivity contribution in [2.75, 3.05) is 0 Å². The summed E-state index contributed by atoms with van der Waals surface area (Å²) in [7, 11) is 0. The predicted octanol–water partition coefficient (Wildman–Crippen LogP) is 2.35. The Hall–Kier alpha value is -0.0800. The molecule has 0 bridgehead atoms. The Kier molecular flexibility index (Phi) is 3.36. The van der Waals surface area contributed by atoms with Crippen molar-refractivity contribution in [3.8, 4) is 0 Å². The lowest BCUT2D eigenvalue weighted by molar-refractivity contribution is 0.0378. The first-order valence-corrected chi connectivity index (χ1v) is 5.30. The number of hydrogen-bond donors (Lipinski definition) is 1. The first-order valence-electron chi connectivity index (χ1n) is 5.30. The van der Waals surface area contributed by atoms with Gasteiger partial charge in [0.15, 0.2) is 0 Å². The fraction of sp³-hybridized carbons (Fsp3) is 1.00. The average Bonchev–Trinajstić information content (AvgIpc) is 2.76. The topological polar surface area (TPSA) is 32.8 Å². The summed E-state index contributed by atoms with van der Waals surface area (Å²) < 4.78 is 5.46. The highest BCUT2D eigenvalue weighted by Crippen LogP contribution is 2.36. The Balaban J connectivity index is 2.26. The molecule has 0 saturated carbocycles. The van der Waals surface area contributed by atoms with Crippen molar-refractivity contribution >= 4 is 0 Å². The van der Waals surface area contributed by atoms with E-state index in [2.05, 4.69) is 27.7 Å². The zero-order chi connectivity index (χ0) is 10.1. The van der Waals surface area contributed by atoms with Gasteiger partial charge in [-0.05, 0) is 11.8 Å². The third-order valence-electron chi connectivity index (χ3n) is 2.66. The lowest BCUT2D eigenvalue weighted by Gasteiger charge is -2.24. The number of hydrogen-bond acceptors (Lipinski definition) is 2. The number of epoxide rings is 1. The van der Waals surface area contributed by atoms with Gasteiger partial charge in [-0.1, -0.05) is 40.5 Å². The standard InChI is InChI=1S/C11H22O2/c1-5-6-7-8-9(13-8)10(12)11(2,3)4/h8-10,12H,5-7H2,1-4H3/t8-,9-,10-/m1/s1. The van der Waals surface area contributed by atoms with Crippen LogP contribution in [0.15, 0.2) is 0 Å². The Morgan fingerprint density at radius 1 is 1.38 bits per heavy atom. The minimum absolute atomic E-state index is 0.0500. The van der Waals surface area contributed by atoms with Crippen LogP contribution in [0.5, 0.6) is 0 Å². The van der Waals surface area contributed by atoms with Gasteiger partial charge >= 0.3 is 0 Å². The number of aliphatic hydroxyl groups is 1. The van der Waals surface area contributed by atoms with Gasteiger partial charge in [-0.25, -0.2) is 0 Å². The van der Waals surface area contributed by atoms with Crippen LogP contribution in [0.25, 0.3) is 0 Å². The predicted molar refractivity (Wildman–Crippen MR) is 53.6 cm³/mol. The highest BCUT2D eigenvalue weighted by atomic mass is 16.6. The molecule has 0 aliphatic carbocycles. The maximum atomic E-state index is 9.87. The molecule has 1 heterocycles. The van der Waals surface area contributed by atoms with E-state index in [1.165, 1.54) is 12.8 Å². The molecule has 0 aromatic carbocycles. The van der Waals surface area contributed by atoms with Gasteiger partial charge in [0, 0.05) is 0 Å². The second-order valence-electron chi connectivity index (χ2n) is 5.09. The minimum atomic E-state index is -0.311. The van der Waals surface area contributed by atoms with Gasteiger partial charge in [0.25, 0.3) is 0 Å². The van der Waals surface area contributed by atoms with E-state index >= 15 is 0 Å². The van der Waals surface area contributed by atoms with Crippen LogP contribution in [0.4, 0.5) is 0 Å². The van der Waals surface area contributed by atoms with E-state index in [0.717, 1.165) is 6.42 Å². The zero-order valence-corrected chi connectivity index (χ0v) is 9.21. The van der Waals surface area contributed by atoms with E-state index < -0.39 is 0 Å². The van der Waals surface area contributed by atoms with Gasteiger partial charge in [-0.2, -0.15) is 0 Å². The normalized spacial score (nSPS) is 30.2. The minimum Gasteiger partial charge on any atom is -0.390 e. The molecule has 13 heavy (non-hydrogen) atoms. The van der Waals surface area contributed by atoms with Gasteiger partial charge < -0.3 is 9.84 Å². The van der Waals surface area contributed by atoms with Gasteiger partial charge in [-0.15, -0.1) is 0 Å². The van der Waals surface area contributed by atoms with Gasteiger partial charge in [-0.3, -0.25) is 0 Å². The molecule has 0 aromatic heterocycles. The van der Waals surface area contributed by atoms with Crippen molar-refractivity contribution in [2.24, 2.45) is 5.41 Å². The molecule has 2 heteroatoms. The summed E-state index contributed by atoms with van der Waals surface area (Å²) in [4.78, 5) is 0. The molecule has 1 N–H and O–H groups in total. The monoisotopic (exact) mass is 186 g/mol. The Labute approximate surface area is 81.3 Å². The van der Waals surface area contributed by atoms with Crippen LogP contribution in [0.2, 0.25) is 0 Å². The first-order chi connectivity index (χ1) is 5.96. The van der Waals surface area contributed by atoms with Gasteiger partial charge in [0.1, 0.15) is 6.10 Å². The molecule has 1 rings (SSSR count). The molecule has 0 aromatic rings.